The monoisotopic (exact) mass is 263 g/mol. The smallest absolute Gasteiger partial charge is 0.0582 e. The minimum absolute atomic E-state index is 0.149. The van der Waals surface area contributed by atoms with Crippen molar-refractivity contribution in [3.63, 3.8) is 0 Å². The number of halogens is 1. The fraction of sp³-hybridized carbons (Fsp3) is 0.556. The maximum absolute atomic E-state index is 8.87. The third-order valence-electron chi connectivity index (χ3n) is 1.82. The minimum atomic E-state index is 0.149. The molecule has 0 radical (unpaired) electrons. The SMILES string of the molecule is CC(N[C@@H](C)CO)c1cc(Br)cs1. The second-order valence-corrected chi connectivity index (χ2v) is 5.00. The van der Waals surface area contributed by atoms with E-state index in [0.717, 1.165) is 4.47 Å². The Hall–Kier alpha value is 0.1000. The van der Waals surface area contributed by atoms with Gasteiger partial charge in [-0.2, -0.15) is 0 Å². The van der Waals surface area contributed by atoms with Gasteiger partial charge in [-0.3, -0.25) is 0 Å². The van der Waals surface area contributed by atoms with Gasteiger partial charge in [-0.05, 0) is 35.8 Å². The largest absolute Gasteiger partial charge is 0.395 e. The fourth-order valence-corrected chi connectivity index (χ4v) is 2.58. The predicted octanol–water partition coefficient (Wildman–Crippen LogP) is 2.54. The third-order valence-corrected chi connectivity index (χ3v) is 3.70. The number of aliphatic hydroxyl groups excluding tert-OH is 1. The standard InChI is InChI=1S/C9H14BrNOS/c1-6(4-12)11-7(2)9-3-8(10)5-13-9/h3,5-7,11-12H,4H2,1-2H3/t6-,7?/m0/s1. The molecule has 2 nitrogen and oxygen atoms in total. The van der Waals surface area contributed by atoms with Crippen LogP contribution < -0.4 is 5.32 Å². The molecule has 2 atom stereocenters. The molecular weight excluding hydrogens is 250 g/mol. The van der Waals surface area contributed by atoms with E-state index in [1.54, 1.807) is 11.3 Å². The molecule has 2 N–H and O–H groups in total. The van der Waals surface area contributed by atoms with E-state index in [-0.39, 0.29) is 12.6 Å². The van der Waals surface area contributed by atoms with E-state index in [2.05, 4.69) is 39.6 Å². The normalized spacial score (nSPS) is 15.7. The van der Waals surface area contributed by atoms with E-state index >= 15 is 0 Å². The second kappa shape index (κ2) is 5.10. The number of hydrogen-bond donors (Lipinski definition) is 2. The molecule has 1 unspecified atom stereocenters. The average molecular weight is 264 g/mol. The first kappa shape index (κ1) is 11.2. The number of nitrogens with one attached hydrogen (secondary N) is 1. The Kier molecular flexibility index (Phi) is 4.38. The average Bonchev–Trinajstić information content (AvgIpc) is 2.51. The third kappa shape index (κ3) is 3.38. The molecule has 1 aromatic rings. The van der Waals surface area contributed by atoms with Gasteiger partial charge < -0.3 is 10.4 Å². The number of thiophene rings is 1. The topological polar surface area (TPSA) is 32.3 Å². The van der Waals surface area contributed by atoms with Crippen LogP contribution in [0.3, 0.4) is 0 Å². The van der Waals surface area contributed by atoms with Crippen molar-refractivity contribution in [3.05, 3.63) is 20.8 Å². The van der Waals surface area contributed by atoms with Crippen molar-refractivity contribution in [3.8, 4) is 0 Å². The molecule has 0 spiro atoms. The van der Waals surface area contributed by atoms with Gasteiger partial charge in [0.05, 0.1) is 6.61 Å². The Labute approximate surface area is 91.1 Å². The van der Waals surface area contributed by atoms with Gasteiger partial charge >= 0.3 is 0 Å². The Balaban J connectivity index is 2.53. The summed E-state index contributed by atoms with van der Waals surface area (Å²) < 4.78 is 1.12. The van der Waals surface area contributed by atoms with Crippen LogP contribution in [-0.2, 0) is 0 Å². The highest BCUT2D eigenvalue weighted by Gasteiger charge is 2.10. The van der Waals surface area contributed by atoms with Gasteiger partial charge in [0, 0.05) is 26.8 Å². The molecule has 0 aliphatic heterocycles. The zero-order valence-electron chi connectivity index (χ0n) is 7.75. The number of aliphatic hydroxyl groups is 1. The van der Waals surface area contributed by atoms with Crippen molar-refractivity contribution in [1.29, 1.82) is 0 Å². The van der Waals surface area contributed by atoms with Crippen LogP contribution in [0.4, 0.5) is 0 Å². The van der Waals surface area contributed by atoms with Gasteiger partial charge in [-0.15, -0.1) is 11.3 Å². The summed E-state index contributed by atoms with van der Waals surface area (Å²) in [6.07, 6.45) is 0. The van der Waals surface area contributed by atoms with Crippen LogP contribution in [0.1, 0.15) is 24.8 Å². The molecule has 13 heavy (non-hydrogen) atoms. The van der Waals surface area contributed by atoms with Crippen LogP contribution in [0.25, 0.3) is 0 Å². The lowest BCUT2D eigenvalue weighted by Gasteiger charge is -2.16. The van der Waals surface area contributed by atoms with Crippen LogP contribution in [0, 0.1) is 0 Å². The maximum atomic E-state index is 8.87. The molecule has 0 saturated carbocycles. The van der Waals surface area contributed by atoms with Gasteiger partial charge in [0.1, 0.15) is 0 Å². The maximum Gasteiger partial charge on any atom is 0.0582 e. The summed E-state index contributed by atoms with van der Waals surface area (Å²) in [5, 5.41) is 14.2. The molecule has 1 aromatic heterocycles. The molecular formula is C9H14BrNOS. The summed E-state index contributed by atoms with van der Waals surface area (Å²) in [6.45, 7) is 4.25. The Morgan fingerprint density at radius 3 is 2.77 bits per heavy atom. The molecule has 4 heteroatoms. The first-order valence-corrected chi connectivity index (χ1v) is 5.91. The van der Waals surface area contributed by atoms with E-state index in [0.29, 0.717) is 6.04 Å². The highest BCUT2D eigenvalue weighted by atomic mass is 79.9. The lowest BCUT2D eigenvalue weighted by molar-refractivity contribution is 0.243. The van der Waals surface area contributed by atoms with Crippen LogP contribution in [-0.4, -0.2) is 17.8 Å². The molecule has 0 bridgehead atoms. The van der Waals surface area contributed by atoms with E-state index in [9.17, 15) is 0 Å². The zero-order chi connectivity index (χ0) is 9.84. The lowest BCUT2D eigenvalue weighted by Crippen LogP contribution is -2.31. The summed E-state index contributed by atoms with van der Waals surface area (Å²) in [4.78, 5) is 1.28. The molecule has 0 amide bonds. The van der Waals surface area contributed by atoms with E-state index in [4.69, 9.17) is 5.11 Å². The quantitative estimate of drug-likeness (QED) is 0.876. The molecule has 0 aromatic carbocycles. The molecule has 1 heterocycles. The summed E-state index contributed by atoms with van der Waals surface area (Å²) in [7, 11) is 0. The molecule has 0 saturated heterocycles. The first-order chi connectivity index (χ1) is 6.13. The second-order valence-electron chi connectivity index (χ2n) is 3.14. The Morgan fingerprint density at radius 1 is 1.62 bits per heavy atom. The molecule has 0 aliphatic rings. The molecule has 0 aliphatic carbocycles. The van der Waals surface area contributed by atoms with E-state index < -0.39 is 0 Å². The van der Waals surface area contributed by atoms with Crippen molar-refractivity contribution < 1.29 is 5.11 Å². The lowest BCUT2D eigenvalue weighted by atomic mass is 10.2. The zero-order valence-corrected chi connectivity index (χ0v) is 10.2. The fourth-order valence-electron chi connectivity index (χ4n) is 1.12. The van der Waals surface area contributed by atoms with Gasteiger partial charge in [-0.1, -0.05) is 0 Å². The van der Waals surface area contributed by atoms with E-state index in [1.807, 2.05) is 6.92 Å². The van der Waals surface area contributed by atoms with Crippen molar-refractivity contribution >= 4 is 27.3 Å². The van der Waals surface area contributed by atoms with E-state index in [1.165, 1.54) is 4.88 Å². The van der Waals surface area contributed by atoms with Gasteiger partial charge in [0.15, 0.2) is 0 Å². The van der Waals surface area contributed by atoms with Crippen LogP contribution in [0.5, 0.6) is 0 Å². The highest BCUT2D eigenvalue weighted by molar-refractivity contribution is 9.10. The van der Waals surface area contributed by atoms with Gasteiger partial charge in [-0.25, -0.2) is 0 Å². The number of rotatable bonds is 4. The molecule has 74 valence electrons. The van der Waals surface area contributed by atoms with Crippen LogP contribution in [0.15, 0.2) is 15.9 Å². The summed E-state index contributed by atoms with van der Waals surface area (Å²) in [5.74, 6) is 0. The summed E-state index contributed by atoms with van der Waals surface area (Å²) in [6, 6.07) is 2.56. The number of hydrogen-bond acceptors (Lipinski definition) is 3. The van der Waals surface area contributed by atoms with Crippen molar-refractivity contribution in [2.24, 2.45) is 0 Å². The van der Waals surface area contributed by atoms with Crippen molar-refractivity contribution in [1.82, 2.24) is 5.32 Å². The Bertz CT molecular complexity index is 264. The van der Waals surface area contributed by atoms with Crippen molar-refractivity contribution in [2.45, 2.75) is 25.9 Å². The van der Waals surface area contributed by atoms with Crippen molar-refractivity contribution in [2.75, 3.05) is 6.61 Å². The predicted molar refractivity (Wildman–Crippen MR) is 60.1 cm³/mol. The van der Waals surface area contributed by atoms with Gasteiger partial charge in [0.25, 0.3) is 0 Å². The van der Waals surface area contributed by atoms with Gasteiger partial charge in [0.2, 0.25) is 0 Å². The Morgan fingerprint density at radius 2 is 2.31 bits per heavy atom. The first-order valence-electron chi connectivity index (χ1n) is 4.24. The highest BCUT2D eigenvalue weighted by Crippen LogP contribution is 2.25. The molecule has 0 fully saturated rings. The minimum Gasteiger partial charge on any atom is -0.395 e. The molecule has 1 rings (SSSR count). The summed E-state index contributed by atoms with van der Waals surface area (Å²) >= 11 is 5.14. The van der Waals surface area contributed by atoms with Crippen LogP contribution in [0.2, 0.25) is 0 Å². The van der Waals surface area contributed by atoms with Crippen LogP contribution >= 0.6 is 27.3 Å². The summed E-state index contributed by atoms with van der Waals surface area (Å²) in [5.41, 5.74) is 0.